The van der Waals surface area contributed by atoms with Crippen LogP contribution in [0.15, 0.2) is 71.2 Å². The number of carbonyl (C=O) groups excluding carboxylic acids is 4. The van der Waals surface area contributed by atoms with E-state index in [0.29, 0.717) is 5.56 Å². The van der Waals surface area contributed by atoms with Gasteiger partial charge in [0.05, 0.1) is 33.7 Å². The summed E-state index contributed by atoms with van der Waals surface area (Å²) in [4.78, 5) is 56.1. The maximum Gasteiger partial charge on any atom is 0.241 e. The summed E-state index contributed by atoms with van der Waals surface area (Å²) in [6.07, 6.45) is -0.987. The molecule has 3 aliphatic rings. The van der Waals surface area contributed by atoms with E-state index >= 15 is 0 Å². The van der Waals surface area contributed by atoms with Gasteiger partial charge in [0, 0.05) is 15.6 Å². The van der Waals surface area contributed by atoms with E-state index in [1.165, 1.54) is 30.3 Å². The summed E-state index contributed by atoms with van der Waals surface area (Å²) < 4.78 is 7.05. The minimum atomic E-state index is -2.12. The van der Waals surface area contributed by atoms with Gasteiger partial charge in [0.1, 0.15) is 0 Å². The number of carbonyl (C=O) groups is 4. The Kier molecular flexibility index (Phi) is 5.06. The van der Waals surface area contributed by atoms with Crippen LogP contribution >= 0.6 is 39.1 Å². The average Bonchev–Trinajstić information content (AvgIpc) is 3.41. The van der Waals surface area contributed by atoms with Crippen LogP contribution in [0.4, 0.5) is 5.69 Å². The Morgan fingerprint density at radius 2 is 1.43 bits per heavy atom. The van der Waals surface area contributed by atoms with Gasteiger partial charge in [-0.3, -0.25) is 19.2 Å². The lowest BCUT2D eigenvalue weighted by Crippen LogP contribution is -2.51. The van der Waals surface area contributed by atoms with E-state index in [0.717, 1.165) is 9.37 Å². The standard InChI is InChI=1S/C26H14BrCl2NO5/c27-13-7-5-12(6-8-13)21-19-20(25(34)30(24(19)33)14-9-10-17(28)18(29)11-14)26(35-21)22(31)15-3-1-2-4-16(15)23(26)32/h1-11,19-21H/t19-,20-,21+/m1/s1. The molecule has 1 aliphatic carbocycles. The Morgan fingerprint density at radius 1 is 0.800 bits per heavy atom. The topological polar surface area (TPSA) is 80.8 Å². The number of halogens is 3. The number of benzene rings is 3. The SMILES string of the molecule is O=C1[C@H]2[C@H](c3ccc(Br)cc3)OC3(C(=O)c4ccccc4C3=O)[C@H]2C(=O)N1c1ccc(Cl)c(Cl)c1. The molecule has 2 saturated heterocycles. The van der Waals surface area contributed by atoms with E-state index in [9.17, 15) is 19.2 Å². The number of fused-ring (bicyclic) bond motifs is 3. The third-order valence-corrected chi connectivity index (χ3v) is 8.15. The summed E-state index contributed by atoms with van der Waals surface area (Å²) in [6, 6.07) is 17.8. The highest BCUT2D eigenvalue weighted by Gasteiger charge is 2.74. The normalized spacial score (nSPS) is 24.4. The lowest BCUT2D eigenvalue weighted by molar-refractivity contribution is -0.127. The molecule has 3 aromatic carbocycles. The van der Waals surface area contributed by atoms with Crippen molar-refractivity contribution in [1.29, 1.82) is 0 Å². The first kappa shape index (κ1) is 22.6. The fourth-order valence-corrected chi connectivity index (χ4v) is 5.91. The van der Waals surface area contributed by atoms with Crippen molar-refractivity contribution in [3.8, 4) is 0 Å². The monoisotopic (exact) mass is 569 g/mol. The highest BCUT2D eigenvalue weighted by Crippen LogP contribution is 2.57. The lowest BCUT2D eigenvalue weighted by Gasteiger charge is -2.27. The number of anilines is 1. The minimum Gasteiger partial charge on any atom is -0.349 e. The first-order valence-corrected chi connectivity index (χ1v) is 12.3. The first-order chi connectivity index (χ1) is 16.8. The van der Waals surface area contributed by atoms with E-state index in [-0.39, 0.29) is 26.9 Å². The molecule has 6 nitrogen and oxygen atoms in total. The number of Topliss-reactive ketones (excluding diaryl/α,β-unsaturated/α-hetero) is 2. The third-order valence-electron chi connectivity index (χ3n) is 6.88. The van der Waals surface area contributed by atoms with Crippen LogP contribution in [0.2, 0.25) is 10.0 Å². The zero-order chi connectivity index (χ0) is 24.6. The number of ether oxygens (including phenoxy) is 1. The van der Waals surface area contributed by atoms with Crippen molar-refractivity contribution in [3.05, 3.63) is 97.9 Å². The molecule has 0 radical (unpaired) electrons. The van der Waals surface area contributed by atoms with E-state index < -0.39 is 46.9 Å². The summed E-state index contributed by atoms with van der Waals surface area (Å²) in [7, 11) is 0. The largest absolute Gasteiger partial charge is 0.349 e. The molecular formula is C26H14BrCl2NO5. The number of nitrogens with zero attached hydrogens (tertiary/aromatic N) is 1. The molecule has 0 N–H and O–H groups in total. The van der Waals surface area contributed by atoms with Gasteiger partial charge >= 0.3 is 0 Å². The van der Waals surface area contributed by atoms with Gasteiger partial charge in [0.25, 0.3) is 0 Å². The molecule has 3 aromatic rings. The van der Waals surface area contributed by atoms with Crippen LogP contribution in [0.3, 0.4) is 0 Å². The van der Waals surface area contributed by atoms with Crippen LogP contribution in [0.1, 0.15) is 32.4 Å². The molecule has 2 aliphatic heterocycles. The van der Waals surface area contributed by atoms with Crippen molar-refractivity contribution >= 4 is 68.2 Å². The second kappa shape index (κ2) is 7.83. The average molecular weight is 571 g/mol. The molecule has 2 heterocycles. The number of ketones is 2. The molecule has 35 heavy (non-hydrogen) atoms. The fraction of sp³-hybridized carbons (Fsp3) is 0.154. The van der Waals surface area contributed by atoms with E-state index in [4.69, 9.17) is 27.9 Å². The van der Waals surface area contributed by atoms with Crippen LogP contribution < -0.4 is 4.90 Å². The number of rotatable bonds is 2. The molecule has 9 heteroatoms. The van der Waals surface area contributed by atoms with Crippen molar-refractivity contribution < 1.29 is 23.9 Å². The zero-order valence-corrected chi connectivity index (χ0v) is 20.8. The van der Waals surface area contributed by atoms with Gasteiger partial charge in [0.15, 0.2) is 0 Å². The van der Waals surface area contributed by atoms with Gasteiger partial charge < -0.3 is 4.74 Å². The van der Waals surface area contributed by atoms with Crippen molar-refractivity contribution in [3.63, 3.8) is 0 Å². The van der Waals surface area contributed by atoms with E-state index in [2.05, 4.69) is 15.9 Å². The molecule has 2 amide bonds. The summed E-state index contributed by atoms with van der Waals surface area (Å²) in [6.45, 7) is 0. The molecule has 0 unspecified atom stereocenters. The zero-order valence-electron chi connectivity index (χ0n) is 17.7. The quantitative estimate of drug-likeness (QED) is 0.302. The summed E-state index contributed by atoms with van der Waals surface area (Å²) in [5.74, 6) is -4.88. The van der Waals surface area contributed by atoms with Crippen LogP contribution in [-0.4, -0.2) is 29.0 Å². The Hall–Kier alpha value is -2.84. The second-order valence-corrected chi connectivity index (χ2v) is 10.4. The van der Waals surface area contributed by atoms with Crippen molar-refractivity contribution in [2.75, 3.05) is 4.90 Å². The Balaban J connectivity index is 1.54. The van der Waals surface area contributed by atoms with Crippen molar-refractivity contribution in [2.24, 2.45) is 11.8 Å². The maximum absolute atomic E-state index is 13.9. The molecule has 6 rings (SSSR count). The lowest BCUT2D eigenvalue weighted by atomic mass is 9.77. The number of amides is 2. The minimum absolute atomic E-state index is 0.165. The highest BCUT2D eigenvalue weighted by atomic mass is 79.9. The molecule has 2 fully saturated rings. The third kappa shape index (κ3) is 2.99. The summed E-state index contributed by atoms with van der Waals surface area (Å²) in [5.41, 5.74) is -0.969. The first-order valence-electron chi connectivity index (χ1n) is 10.7. The molecule has 1 spiro atoms. The van der Waals surface area contributed by atoms with Crippen LogP contribution in [0.5, 0.6) is 0 Å². The molecule has 174 valence electrons. The molecular weight excluding hydrogens is 557 g/mol. The van der Waals surface area contributed by atoms with E-state index in [1.807, 2.05) is 0 Å². The van der Waals surface area contributed by atoms with Gasteiger partial charge in [-0.2, -0.15) is 0 Å². The smallest absolute Gasteiger partial charge is 0.241 e. The van der Waals surface area contributed by atoms with E-state index in [1.54, 1.807) is 36.4 Å². The van der Waals surface area contributed by atoms with Gasteiger partial charge in [0.2, 0.25) is 29.0 Å². The Labute approximate surface area is 217 Å². The molecule has 0 saturated carbocycles. The maximum atomic E-state index is 13.9. The van der Waals surface area contributed by atoms with Gasteiger partial charge in [-0.15, -0.1) is 0 Å². The number of hydrogen-bond donors (Lipinski definition) is 0. The van der Waals surface area contributed by atoms with Gasteiger partial charge in [-0.25, -0.2) is 4.90 Å². The predicted octanol–water partition coefficient (Wildman–Crippen LogP) is 5.45. The summed E-state index contributed by atoms with van der Waals surface area (Å²) in [5, 5.41) is 0.427. The Morgan fingerprint density at radius 3 is 2.03 bits per heavy atom. The van der Waals surface area contributed by atoms with Gasteiger partial charge in [-0.05, 0) is 35.9 Å². The second-order valence-electron chi connectivity index (χ2n) is 8.64. The summed E-state index contributed by atoms with van der Waals surface area (Å²) >= 11 is 15.6. The van der Waals surface area contributed by atoms with Crippen LogP contribution in [0, 0.1) is 11.8 Å². The molecule has 0 aromatic heterocycles. The Bertz CT molecular complexity index is 1440. The molecule has 0 bridgehead atoms. The fourth-order valence-electron chi connectivity index (χ4n) is 5.35. The van der Waals surface area contributed by atoms with Crippen molar-refractivity contribution in [2.45, 2.75) is 11.7 Å². The highest BCUT2D eigenvalue weighted by molar-refractivity contribution is 9.10. The van der Waals surface area contributed by atoms with Crippen molar-refractivity contribution in [1.82, 2.24) is 0 Å². The van der Waals surface area contributed by atoms with Crippen LogP contribution in [-0.2, 0) is 14.3 Å². The van der Waals surface area contributed by atoms with Crippen LogP contribution in [0.25, 0.3) is 0 Å². The number of hydrogen-bond acceptors (Lipinski definition) is 5. The van der Waals surface area contributed by atoms with Gasteiger partial charge in [-0.1, -0.05) is 75.5 Å². The predicted molar refractivity (Wildman–Crippen MR) is 132 cm³/mol. The number of imide groups is 1. The molecule has 3 atom stereocenters.